The summed E-state index contributed by atoms with van der Waals surface area (Å²) < 4.78 is 10.7. The maximum Gasteiger partial charge on any atom is 0.327 e. The molecular weight excluding hydrogens is 304 g/mol. The van der Waals surface area contributed by atoms with Crippen LogP contribution in [0.25, 0.3) is 0 Å². The third-order valence-electron chi connectivity index (χ3n) is 3.35. The van der Waals surface area contributed by atoms with Gasteiger partial charge in [-0.1, -0.05) is 24.3 Å². The van der Waals surface area contributed by atoms with Crippen LogP contribution < -0.4 is 4.74 Å². The van der Waals surface area contributed by atoms with Gasteiger partial charge >= 0.3 is 5.97 Å². The van der Waals surface area contributed by atoms with Gasteiger partial charge in [0.1, 0.15) is 17.6 Å². The van der Waals surface area contributed by atoms with Crippen LogP contribution in [0.5, 0.6) is 11.5 Å². The van der Waals surface area contributed by atoms with Gasteiger partial charge in [-0.2, -0.15) is 10.5 Å². The van der Waals surface area contributed by atoms with Crippen molar-refractivity contribution in [3.05, 3.63) is 59.2 Å². The van der Waals surface area contributed by atoms with Crippen molar-refractivity contribution in [1.29, 1.82) is 10.5 Å². The lowest BCUT2D eigenvalue weighted by molar-refractivity contribution is -0.143. The fourth-order valence-electron chi connectivity index (χ4n) is 2.27. The molecule has 0 bridgehead atoms. The summed E-state index contributed by atoms with van der Waals surface area (Å²) in [6.45, 7) is 3.76. The first-order valence-electron chi connectivity index (χ1n) is 7.44. The van der Waals surface area contributed by atoms with Crippen molar-refractivity contribution >= 4 is 5.97 Å². The van der Waals surface area contributed by atoms with E-state index in [0.29, 0.717) is 11.5 Å². The highest BCUT2D eigenvalue weighted by Gasteiger charge is 2.26. The molecule has 0 fully saturated rings. The zero-order valence-corrected chi connectivity index (χ0v) is 13.4. The summed E-state index contributed by atoms with van der Waals surface area (Å²) in [5.74, 6) is -0.969. The molecule has 0 aromatic heterocycles. The maximum absolute atomic E-state index is 12.0. The van der Waals surface area contributed by atoms with Gasteiger partial charge in [0.2, 0.25) is 0 Å². The van der Waals surface area contributed by atoms with Crippen LogP contribution in [0.3, 0.4) is 0 Å². The van der Waals surface area contributed by atoms with Crippen LogP contribution in [-0.4, -0.2) is 12.6 Å². The van der Waals surface area contributed by atoms with Gasteiger partial charge in [-0.05, 0) is 37.6 Å². The molecule has 0 heterocycles. The van der Waals surface area contributed by atoms with E-state index in [2.05, 4.69) is 0 Å². The number of rotatable bonds is 5. The topological polar surface area (TPSA) is 83.1 Å². The summed E-state index contributed by atoms with van der Waals surface area (Å²) in [4.78, 5) is 12.0. The molecule has 5 heteroatoms. The first-order valence-corrected chi connectivity index (χ1v) is 7.44. The minimum atomic E-state index is -1.17. The Morgan fingerprint density at radius 3 is 2.58 bits per heavy atom. The molecular formula is C19H16N2O3. The molecule has 0 amide bonds. The molecule has 0 aliphatic rings. The van der Waals surface area contributed by atoms with Crippen molar-refractivity contribution in [2.24, 2.45) is 0 Å². The van der Waals surface area contributed by atoms with Crippen LogP contribution >= 0.6 is 0 Å². The number of hydrogen-bond donors (Lipinski definition) is 0. The molecule has 0 aliphatic carbocycles. The Morgan fingerprint density at radius 1 is 1.21 bits per heavy atom. The number of benzene rings is 2. The summed E-state index contributed by atoms with van der Waals surface area (Å²) in [5, 5.41) is 18.8. The molecule has 0 spiro atoms. The van der Waals surface area contributed by atoms with Gasteiger partial charge in [-0.25, -0.2) is 0 Å². The molecule has 24 heavy (non-hydrogen) atoms. The Kier molecular flexibility index (Phi) is 5.54. The minimum absolute atomic E-state index is 0.151. The second kappa shape index (κ2) is 7.80. The number of nitrogens with zero attached hydrogens (tertiary/aromatic N) is 2. The normalized spacial score (nSPS) is 11.0. The number of carbonyl (C=O) groups excluding carboxylic acids is 1. The lowest BCUT2D eigenvalue weighted by Crippen LogP contribution is -2.15. The van der Waals surface area contributed by atoms with Gasteiger partial charge in [-0.3, -0.25) is 4.79 Å². The van der Waals surface area contributed by atoms with Crippen LogP contribution in [0.2, 0.25) is 0 Å². The van der Waals surface area contributed by atoms with Crippen molar-refractivity contribution < 1.29 is 14.3 Å². The molecule has 0 saturated heterocycles. The number of ether oxygens (including phenoxy) is 2. The summed E-state index contributed by atoms with van der Waals surface area (Å²) in [6, 6.07) is 16.1. The molecule has 0 radical (unpaired) electrons. The lowest BCUT2D eigenvalue weighted by Gasteiger charge is -2.14. The average molecular weight is 320 g/mol. The Balaban J connectivity index is 2.44. The smallest absolute Gasteiger partial charge is 0.327 e. The van der Waals surface area contributed by atoms with Crippen LogP contribution in [0, 0.1) is 29.6 Å². The highest BCUT2D eigenvalue weighted by atomic mass is 16.5. The molecule has 0 N–H and O–H groups in total. The quantitative estimate of drug-likeness (QED) is 0.782. The fourth-order valence-corrected chi connectivity index (χ4v) is 2.27. The third-order valence-corrected chi connectivity index (χ3v) is 3.35. The molecule has 120 valence electrons. The van der Waals surface area contributed by atoms with Gasteiger partial charge < -0.3 is 9.47 Å². The van der Waals surface area contributed by atoms with E-state index in [4.69, 9.17) is 9.47 Å². The molecule has 1 atom stereocenters. The van der Waals surface area contributed by atoms with Gasteiger partial charge in [0.05, 0.1) is 18.2 Å². The van der Waals surface area contributed by atoms with Gasteiger partial charge in [0.25, 0.3) is 0 Å². The second-order valence-corrected chi connectivity index (χ2v) is 5.06. The van der Waals surface area contributed by atoms with Crippen molar-refractivity contribution in [1.82, 2.24) is 0 Å². The standard InChI is InChI=1S/C19H16N2O3/c1-3-23-19(22)17(12-21)15-8-5-9-18(16(15)11-20)24-14-7-4-6-13(2)10-14/h4-10,17H,3H2,1-2H3. The zero-order chi connectivity index (χ0) is 17.5. The summed E-state index contributed by atoms with van der Waals surface area (Å²) in [5.41, 5.74) is 1.45. The molecule has 1 unspecified atom stereocenters. The Morgan fingerprint density at radius 2 is 1.96 bits per heavy atom. The van der Waals surface area contributed by atoms with Crippen LogP contribution in [0.4, 0.5) is 0 Å². The van der Waals surface area contributed by atoms with E-state index in [9.17, 15) is 15.3 Å². The van der Waals surface area contributed by atoms with Crippen molar-refractivity contribution in [2.45, 2.75) is 19.8 Å². The Hall–Kier alpha value is -3.31. The summed E-state index contributed by atoms with van der Waals surface area (Å²) in [6.07, 6.45) is 0. The first kappa shape index (κ1) is 17.1. The maximum atomic E-state index is 12.0. The van der Waals surface area contributed by atoms with Crippen molar-refractivity contribution in [2.75, 3.05) is 6.61 Å². The first-order chi connectivity index (χ1) is 11.6. The number of esters is 1. The molecule has 2 aromatic carbocycles. The summed E-state index contributed by atoms with van der Waals surface area (Å²) in [7, 11) is 0. The average Bonchev–Trinajstić information content (AvgIpc) is 2.56. The van der Waals surface area contributed by atoms with Gasteiger partial charge in [0.15, 0.2) is 5.92 Å². The number of hydrogen-bond acceptors (Lipinski definition) is 5. The molecule has 5 nitrogen and oxygen atoms in total. The fraction of sp³-hybridized carbons (Fsp3) is 0.211. The van der Waals surface area contributed by atoms with E-state index in [0.717, 1.165) is 5.56 Å². The van der Waals surface area contributed by atoms with E-state index < -0.39 is 11.9 Å². The highest BCUT2D eigenvalue weighted by molar-refractivity contribution is 5.82. The predicted molar refractivity (Wildman–Crippen MR) is 87.4 cm³/mol. The van der Waals surface area contributed by atoms with Crippen LogP contribution in [-0.2, 0) is 9.53 Å². The second-order valence-electron chi connectivity index (χ2n) is 5.06. The minimum Gasteiger partial charge on any atom is -0.465 e. The third kappa shape index (κ3) is 3.71. The Labute approximate surface area is 140 Å². The molecule has 0 saturated carbocycles. The van der Waals surface area contributed by atoms with Gasteiger partial charge in [0, 0.05) is 5.56 Å². The van der Waals surface area contributed by atoms with Crippen LogP contribution in [0.1, 0.15) is 29.5 Å². The predicted octanol–water partition coefficient (Wildman–Crippen LogP) is 3.83. The van der Waals surface area contributed by atoms with Crippen molar-refractivity contribution in [3.8, 4) is 23.6 Å². The van der Waals surface area contributed by atoms with Crippen molar-refractivity contribution in [3.63, 3.8) is 0 Å². The van der Waals surface area contributed by atoms with Crippen LogP contribution in [0.15, 0.2) is 42.5 Å². The SMILES string of the molecule is CCOC(=O)C(C#N)c1cccc(Oc2cccc(C)c2)c1C#N. The van der Waals surface area contributed by atoms with E-state index in [1.54, 1.807) is 31.2 Å². The van der Waals surface area contributed by atoms with E-state index in [1.165, 1.54) is 0 Å². The zero-order valence-electron chi connectivity index (χ0n) is 13.4. The molecule has 2 rings (SSSR count). The number of nitriles is 2. The lowest BCUT2D eigenvalue weighted by atomic mass is 9.95. The summed E-state index contributed by atoms with van der Waals surface area (Å²) >= 11 is 0. The van der Waals surface area contributed by atoms with E-state index >= 15 is 0 Å². The monoisotopic (exact) mass is 320 g/mol. The Bertz CT molecular complexity index is 831. The van der Waals surface area contributed by atoms with Gasteiger partial charge in [-0.15, -0.1) is 0 Å². The molecule has 2 aromatic rings. The largest absolute Gasteiger partial charge is 0.465 e. The van der Waals surface area contributed by atoms with E-state index in [-0.39, 0.29) is 17.7 Å². The number of carbonyl (C=O) groups is 1. The number of aryl methyl sites for hydroxylation is 1. The molecule has 0 aliphatic heterocycles. The highest BCUT2D eigenvalue weighted by Crippen LogP contribution is 2.31. The van der Waals surface area contributed by atoms with E-state index in [1.807, 2.05) is 37.3 Å².